The molecule has 0 saturated carbocycles. The summed E-state index contributed by atoms with van der Waals surface area (Å²) in [4.78, 5) is 38.3. The Morgan fingerprint density at radius 2 is 0.434 bits per heavy atom. The van der Waals surface area contributed by atoms with Gasteiger partial charge in [-0.05, 0) is 83.5 Å². The van der Waals surface area contributed by atoms with Crippen LogP contribution in [0.15, 0.2) is 48.6 Å². The molecule has 0 rings (SSSR count). The number of unbranched alkanes of at least 4 members (excludes halogenated alkanes) is 50. The third-order valence-corrected chi connectivity index (χ3v) is 16.8. The largest absolute Gasteiger partial charge is 0.462 e. The van der Waals surface area contributed by atoms with Crippen LogP contribution in [0.5, 0.6) is 0 Å². The number of carbonyl (C=O) groups excluding carboxylic acids is 3. The average molecular weight is 1160 g/mol. The molecule has 6 heteroatoms. The fraction of sp³-hybridized carbons (Fsp3) is 0.857. The molecule has 0 aliphatic carbocycles. The first-order valence-electron chi connectivity index (χ1n) is 37.1. The van der Waals surface area contributed by atoms with E-state index in [-0.39, 0.29) is 31.1 Å². The van der Waals surface area contributed by atoms with Crippen LogP contribution in [0.2, 0.25) is 0 Å². The van der Waals surface area contributed by atoms with Crippen molar-refractivity contribution in [2.75, 3.05) is 13.2 Å². The van der Waals surface area contributed by atoms with Crippen molar-refractivity contribution in [1.29, 1.82) is 0 Å². The van der Waals surface area contributed by atoms with Gasteiger partial charge in [-0.25, -0.2) is 0 Å². The van der Waals surface area contributed by atoms with Crippen LogP contribution >= 0.6 is 0 Å². The summed E-state index contributed by atoms with van der Waals surface area (Å²) in [5.74, 6) is -0.844. The molecule has 0 aliphatic rings. The number of carbonyl (C=O) groups is 3. The van der Waals surface area contributed by atoms with Crippen molar-refractivity contribution < 1.29 is 28.6 Å². The Labute approximate surface area is 518 Å². The minimum atomic E-state index is -0.770. The number of esters is 3. The van der Waals surface area contributed by atoms with E-state index < -0.39 is 6.10 Å². The second-order valence-corrected chi connectivity index (χ2v) is 25.2. The third kappa shape index (κ3) is 70.0. The first-order chi connectivity index (χ1) is 41.0. The maximum Gasteiger partial charge on any atom is 0.306 e. The molecule has 0 spiro atoms. The van der Waals surface area contributed by atoms with Gasteiger partial charge >= 0.3 is 17.9 Å². The highest BCUT2D eigenvalue weighted by atomic mass is 16.6. The highest BCUT2D eigenvalue weighted by Crippen LogP contribution is 2.18. The van der Waals surface area contributed by atoms with Gasteiger partial charge in [-0.1, -0.05) is 352 Å². The molecule has 0 aliphatic heterocycles. The van der Waals surface area contributed by atoms with E-state index in [0.717, 1.165) is 70.6 Å². The molecule has 1 unspecified atom stereocenters. The number of ether oxygens (including phenoxy) is 3. The molecule has 0 aromatic heterocycles. The van der Waals surface area contributed by atoms with Crippen LogP contribution in [0.4, 0.5) is 0 Å². The van der Waals surface area contributed by atoms with Crippen molar-refractivity contribution in [3.63, 3.8) is 0 Å². The maximum absolute atomic E-state index is 12.9. The second kappa shape index (κ2) is 71.8. The van der Waals surface area contributed by atoms with Crippen LogP contribution in [0.25, 0.3) is 0 Å². The van der Waals surface area contributed by atoms with Crippen LogP contribution in [0.3, 0.4) is 0 Å². The van der Waals surface area contributed by atoms with E-state index in [1.807, 2.05) is 0 Å². The van der Waals surface area contributed by atoms with E-state index in [0.29, 0.717) is 19.3 Å². The Hall–Kier alpha value is -2.63. The zero-order valence-corrected chi connectivity index (χ0v) is 56.0. The molecule has 0 N–H and O–H groups in total. The van der Waals surface area contributed by atoms with Crippen LogP contribution in [-0.2, 0) is 28.6 Å². The highest BCUT2D eigenvalue weighted by Gasteiger charge is 2.19. The summed E-state index contributed by atoms with van der Waals surface area (Å²) in [5.41, 5.74) is 0. The van der Waals surface area contributed by atoms with Crippen LogP contribution in [-0.4, -0.2) is 37.2 Å². The van der Waals surface area contributed by atoms with Crippen molar-refractivity contribution in [3.05, 3.63) is 48.6 Å². The minimum absolute atomic E-state index is 0.0678. The summed E-state index contributed by atoms with van der Waals surface area (Å²) in [5, 5.41) is 0. The molecule has 486 valence electrons. The summed E-state index contributed by atoms with van der Waals surface area (Å²) in [6.07, 6.45) is 91.7. The van der Waals surface area contributed by atoms with Crippen LogP contribution in [0.1, 0.15) is 406 Å². The lowest BCUT2D eigenvalue weighted by atomic mass is 10.0. The molecule has 0 heterocycles. The quantitative estimate of drug-likeness (QED) is 0.0261. The summed E-state index contributed by atoms with van der Waals surface area (Å²) in [6.45, 7) is 6.68. The van der Waals surface area contributed by atoms with Gasteiger partial charge in [-0.2, -0.15) is 0 Å². The lowest BCUT2D eigenvalue weighted by Gasteiger charge is -2.18. The zero-order chi connectivity index (χ0) is 59.9. The molecule has 0 aromatic carbocycles. The molecule has 0 aromatic rings. The van der Waals surface area contributed by atoms with Gasteiger partial charge < -0.3 is 14.2 Å². The fourth-order valence-electron chi connectivity index (χ4n) is 11.2. The van der Waals surface area contributed by atoms with Gasteiger partial charge in [0.05, 0.1) is 0 Å². The van der Waals surface area contributed by atoms with E-state index in [2.05, 4.69) is 69.4 Å². The summed E-state index contributed by atoms with van der Waals surface area (Å²) < 4.78 is 17.0. The first-order valence-corrected chi connectivity index (χ1v) is 37.1. The van der Waals surface area contributed by atoms with E-state index in [1.54, 1.807) is 0 Å². The van der Waals surface area contributed by atoms with Crippen LogP contribution < -0.4 is 0 Å². The number of rotatable bonds is 69. The molecule has 6 nitrogen and oxygen atoms in total. The van der Waals surface area contributed by atoms with Crippen molar-refractivity contribution in [1.82, 2.24) is 0 Å². The van der Waals surface area contributed by atoms with E-state index in [4.69, 9.17) is 14.2 Å². The standard InChI is InChI=1S/C77H142O6/c1-4-7-10-13-16-19-21-23-25-27-29-31-33-35-37-38-40-41-43-45-47-49-51-53-55-58-61-64-67-70-76(79)82-73-74(72-81-75(78)69-66-63-60-57-18-15-12-9-6-3)83-77(80)71-68-65-62-59-56-54-52-50-48-46-44-42-39-36-34-32-30-28-26-24-22-20-17-14-11-8-5-2/h21,23,27-30,33,35,74H,4-20,22,24-26,31-32,34,36-73H2,1-3H3/b23-21-,29-27-,30-28-,35-33-. The molecule has 0 saturated heterocycles. The monoisotopic (exact) mass is 1160 g/mol. The first kappa shape index (κ1) is 80.4. The average Bonchev–Trinajstić information content (AvgIpc) is 3.49. The minimum Gasteiger partial charge on any atom is -0.462 e. The number of hydrogen-bond acceptors (Lipinski definition) is 6. The third-order valence-electron chi connectivity index (χ3n) is 16.8. The molecule has 0 radical (unpaired) electrons. The van der Waals surface area contributed by atoms with Gasteiger partial charge in [-0.15, -0.1) is 0 Å². The number of allylic oxidation sites excluding steroid dienone is 8. The summed E-state index contributed by atoms with van der Waals surface area (Å²) in [6, 6.07) is 0. The van der Waals surface area contributed by atoms with Gasteiger partial charge in [0.2, 0.25) is 0 Å². The van der Waals surface area contributed by atoms with E-state index in [1.165, 1.54) is 295 Å². The van der Waals surface area contributed by atoms with Crippen molar-refractivity contribution in [2.45, 2.75) is 412 Å². The van der Waals surface area contributed by atoms with Gasteiger partial charge in [0.15, 0.2) is 6.10 Å². The predicted molar refractivity (Wildman–Crippen MR) is 362 cm³/mol. The molecular formula is C77H142O6. The SMILES string of the molecule is CCCCCCC/C=C\C/C=C\C/C=C\CCCCCCCCCCCCCCCCC(=O)OCC(COC(=O)CCCCCCCCCCC)OC(=O)CCCCCCCCCCCCCCCCC/C=C\CCCCCCCCCC. The molecular weight excluding hydrogens is 1020 g/mol. The lowest BCUT2D eigenvalue weighted by molar-refractivity contribution is -0.167. The Bertz CT molecular complexity index is 1430. The van der Waals surface area contributed by atoms with Gasteiger partial charge in [-0.3, -0.25) is 14.4 Å². The van der Waals surface area contributed by atoms with Crippen LogP contribution in [0, 0.1) is 0 Å². The zero-order valence-electron chi connectivity index (χ0n) is 56.0. The van der Waals surface area contributed by atoms with Gasteiger partial charge in [0, 0.05) is 19.3 Å². The number of hydrogen-bond donors (Lipinski definition) is 0. The topological polar surface area (TPSA) is 78.9 Å². The van der Waals surface area contributed by atoms with E-state index in [9.17, 15) is 14.4 Å². The van der Waals surface area contributed by atoms with Crippen molar-refractivity contribution >= 4 is 17.9 Å². The molecule has 1 atom stereocenters. The molecule has 83 heavy (non-hydrogen) atoms. The Kier molecular flexibility index (Phi) is 69.6. The van der Waals surface area contributed by atoms with Gasteiger partial charge in [0.1, 0.15) is 13.2 Å². The summed E-state index contributed by atoms with van der Waals surface area (Å²) >= 11 is 0. The molecule has 0 fully saturated rings. The highest BCUT2D eigenvalue weighted by molar-refractivity contribution is 5.71. The Balaban J connectivity index is 4.09. The predicted octanol–water partition coefficient (Wildman–Crippen LogP) is 25.7. The van der Waals surface area contributed by atoms with E-state index >= 15 is 0 Å². The van der Waals surface area contributed by atoms with Crippen molar-refractivity contribution in [2.24, 2.45) is 0 Å². The van der Waals surface area contributed by atoms with Gasteiger partial charge in [0.25, 0.3) is 0 Å². The maximum atomic E-state index is 12.9. The van der Waals surface area contributed by atoms with Crippen molar-refractivity contribution in [3.8, 4) is 0 Å². The normalized spacial score (nSPS) is 12.3. The second-order valence-electron chi connectivity index (χ2n) is 25.2. The lowest BCUT2D eigenvalue weighted by Crippen LogP contribution is -2.30. The summed E-state index contributed by atoms with van der Waals surface area (Å²) in [7, 11) is 0. The molecule has 0 amide bonds. The Morgan fingerprint density at radius 3 is 0.687 bits per heavy atom. The smallest absolute Gasteiger partial charge is 0.306 e. The fourth-order valence-corrected chi connectivity index (χ4v) is 11.2. The Morgan fingerprint density at radius 1 is 0.241 bits per heavy atom. The molecule has 0 bridgehead atoms.